The molecule has 5 rings (SSSR count). The molecule has 3 aliphatic heterocycles. The lowest BCUT2D eigenvalue weighted by Crippen LogP contribution is -2.47. The van der Waals surface area contributed by atoms with Gasteiger partial charge in [0.15, 0.2) is 0 Å². The number of nitrogens with zero attached hydrogens (tertiary/aromatic N) is 5. The Balaban J connectivity index is 1.51. The van der Waals surface area contributed by atoms with Crippen LogP contribution in [0.1, 0.15) is 41.1 Å². The summed E-state index contributed by atoms with van der Waals surface area (Å²) in [6.07, 6.45) is 5.86. The van der Waals surface area contributed by atoms with Gasteiger partial charge in [-0.05, 0) is 33.6 Å². The summed E-state index contributed by atoms with van der Waals surface area (Å²) >= 11 is 0. The van der Waals surface area contributed by atoms with Gasteiger partial charge >= 0.3 is 0 Å². The fourth-order valence-corrected chi connectivity index (χ4v) is 4.55. The van der Waals surface area contributed by atoms with Gasteiger partial charge in [0.1, 0.15) is 5.76 Å². The van der Waals surface area contributed by atoms with Gasteiger partial charge in [0.2, 0.25) is 5.91 Å². The lowest BCUT2D eigenvalue weighted by molar-refractivity contribution is -0.140. The summed E-state index contributed by atoms with van der Waals surface area (Å²) in [6.45, 7) is 13.7. The van der Waals surface area contributed by atoms with Crippen LogP contribution in [0.15, 0.2) is 23.4 Å². The second-order valence-electron chi connectivity index (χ2n) is 8.12. The molecular weight excluding hydrogens is 354 g/mol. The number of hydrogen-bond donors (Lipinski definition) is 0. The first-order chi connectivity index (χ1) is 13.5. The van der Waals surface area contributed by atoms with E-state index in [0.29, 0.717) is 6.54 Å². The van der Waals surface area contributed by atoms with Gasteiger partial charge in [0.25, 0.3) is 0 Å². The summed E-state index contributed by atoms with van der Waals surface area (Å²) in [4.78, 5) is 17.6. The van der Waals surface area contributed by atoms with E-state index < -0.39 is 0 Å². The number of aromatic nitrogens is 3. The molecule has 0 aliphatic carbocycles. The second kappa shape index (κ2) is 7.54. The van der Waals surface area contributed by atoms with Crippen molar-refractivity contribution in [2.24, 2.45) is 5.92 Å². The Hall–Kier alpha value is -2.41. The topological polar surface area (TPSA) is 67.4 Å². The molecule has 0 spiro atoms. The van der Waals surface area contributed by atoms with Crippen LogP contribution in [-0.2, 0) is 24.4 Å². The average molecular weight is 383 g/mol. The second-order valence-corrected chi connectivity index (χ2v) is 8.12. The standard InChI is InChI=1S/C21H29N5O2/c1-5-8-26-15(3)18(9-22-26)11-24-10-17-6-7-19(12-24)25(21(17)27)13-20-14(2)23-28-16(20)4/h5,9,17,19H,1,6-8,10-13H2,2-4H3/t17-,19+/m0/s1. The van der Waals surface area contributed by atoms with E-state index in [4.69, 9.17) is 4.52 Å². The Morgan fingerprint density at radius 1 is 1.25 bits per heavy atom. The number of allylic oxidation sites excluding steroid dienone is 1. The minimum atomic E-state index is 0.0720. The van der Waals surface area contributed by atoms with Crippen LogP contribution < -0.4 is 0 Å². The largest absolute Gasteiger partial charge is 0.361 e. The van der Waals surface area contributed by atoms with Gasteiger partial charge in [-0.3, -0.25) is 14.4 Å². The van der Waals surface area contributed by atoms with Gasteiger partial charge in [0.05, 0.1) is 30.9 Å². The number of carbonyl (C=O) groups excluding carboxylic acids is 1. The molecule has 28 heavy (non-hydrogen) atoms. The lowest BCUT2D eigenvalue weighted by Gasteiger charge is -2.36. The quantitative estimate of drug-likeness (QED) is 0.718. The molecule has 0 aromatic carbocycles. The maximum atomic E-state index is 13.1. The molecular formula is C21H29N5O2. The van der Waals surface area contributed by atoms with Crippen LogP contribution in [0.4, 0.5) is 0 Å². The molecule has 150 valence electrons. The molecule has 5 heterocycles. The molecule has 7 heteroatoms. The van der Waals surface area contributed by atoms with E-state index in [9.17, 15) is 4.79 Å². The van der Waals surface area contributed by atoms with Gasteiger partial charge in [-0.25, -0.2) is 0 Å². The number of amides is 1. The minimum absolute atomic E-state index is 0.0720. The predicted octanol–water partition coefficient (Wildman–Crippen LogP) is 2.61. The molecule has 2 atom stereocenters. The zero-order valence-electron chi connectivity index (χ0n) is 17.0. The van der Waals surface area contributed by atoms with Crippen molar-refractivity contribution in [3.05, 3.63) is 47.1 Å². The van der Waals surface area contributed by atoms with Crippen molar-refractivity contribution < 1.29 is 9.32 Å². The summed E-state index contributed by atoms with van der Waals surface area (Å²) in [6, 6.07) is 0.239. The third kappa shape index (κ3) is 3.39. The van der Waals surface area contributed by atoms with Crippen molar-refractivity contribution >= 4 is 5.91 Å². The lowest BCUT2D eigenvalue weighted by atomic mass is 9.93. The van der Waals surface area contributed by atoms with Crippen LogP contribution in [0.5, 0.6) is 0 Å². The molecule has 3 saturated heterocycles. The molecule has 0 radical (unpaired) electrons. The highest BCUT2D eigenvalue weighted by molar-refractivity contribution is 5.80. The van der Waals surface area contributed by atoms with Gasteiger partial charge in [-0.2, -0.15) is 5.10 Å². The summed E-state index contributed by atoms with van der Waals surface area (Å²) in [5, 5.41) is 8.52. The number of fused-ring (bicyclic) bond motifs is 4. The van der Waals surface area contributed by atoms with Gasteiger partial charge in [0, 0.05) is 42.5 Å². The Kier molecular flexibility index (Phi) is 5.10. The zero-order valence-corrected chi connectivity index (χ0v) is 17.0. The van der Waals surface area contributed by atoms with Gasteiger partial charge in [-0.1, -0.05) is 11.2 Å². The van der Waals surface area contributed by atoms with Crippen LogP contribution in [-0.4, -0.2) is 49.8 Å². The molecule has 3 aliphatic rings. The van der Waals surface area contributed by atoms with Crippen molar-refractivity contribution in [3.8, 4) is 0 Å². The summed E-state index contributed by atoms with van der Waals surface area (Å²) in [5.41, 5.74) is 4.34. The van der Waals surface area contributed by atoms with E-state index in [0.717, 1.165) is 56.0 Å². The van der Waals surface area contributed by atoms with Crippen molar-refractivity contribution in [2.75, 3.05) is 13.1 Å². The normalized spacial score (nSPS) is 22.7. The van der Waals surface area contributed by atoms with Crippen LogP contribution in [0.2, 0.25) is 0 Å². The van der Waals surface area contributed by atoms with E-state index in [2.05, 4.69) is 33.6 Å². The Morgan fingerprint density at radius 2 is 2.07 bits per heavy atom. The fraction of sp³-hybridized carbons (Fsp3) is 0.571. The van der Waals surface area contributed by atoms with E-state index in [1.54, 1.807) is 0 Å². The van der Waals surface area contributed by atoms with Crippen molar-refractivity contribution in [1.29, 1.82) is 0 Å². The summed E-state index contributed by atoms with van der Waals surface area (Å²) in [5.74, 6) is 1.16. The smallest absolute Gasteiger partial charge is 0.227 e. The van der Waals surface area contributed by atoms with Crippen molar-refractivity contribution in [3.63, 3.8) is 0 Å². The van der Waals surface area contributed by atoms with Crippen LogP contribution >= 0.6 is 0 Å². The monoisotopic (exact) mass is 383 g/mol. The highest BCUT2D eigenvalue weighted by Gasteiger charge is 2.41. The number of rotatable bonds is 6. The number of piperidine rings is 1. The average Bonchev–Trinajstić information content (AvgIpc) is 3.03. The Morgan fingerprint density at radius 3 is 2.79 bits per heavy atom. The molecule has 0 N–H and O–H groups in total. The van der Waals surface area contributed by atoms with E-state index in [1.165, 1.54) is 11.3 Å². The van der Waals surface area contributed by atoms with Crippen LogP contribution in [0.3, 0.4) is 0 Å². The van der Waals surface area contributed by atoms with Crippen LogP contribution in [0.25, 0.3) is 0 Å². The van der Waals surface area contributed by atoms with Crippen LogP contribution in [0, 0.1) is 26.7 Å². The molecule has 2 aromatic heterocycles. The maximum Gasteiger partial charge on any atom is 0.227 e. The van der Waals surface area contributed by atoms with Crippen molar-refractivity contribution in [2.45, 2.75) is 59.3 Å². The summed E-state index contributed by atoms with van der Waals surface area (Å²) < 4.78 is 7.28. The zero-order chi connectivity index (χ0) is 19.8. The molecule has 2 aromatic rings. The molecule has 3 fully saturated rings. The Labute approximate surface area is 166 Å². The van der Waals surface area contributed by atoms with Crippen molar-refractivity contribution in [1.82, 2.24) is 24.7 Å². The number of carbonyl (C=O) groups is 1. The predicted molar refractivity (Wildman–Crippen MR) is 105 cm³/mol. The number of aryl methyl sites for hydroxylation is 2. The SMILES string of the molecule is C=CCn1ncc(CN2C[C@@H]3CC[C@H](C2)N(Cc2c(C)noc2C)C3=O)c1C. The fourth-order valence-electron chi connectivity index (χ4n) is 4.55. The Bertz CT molecular complexity index is 864. The summed E-state index contributed by atoms with van der Waals surface area (Å²) in [7, 11) is 0. The molecule has 2 bridgehead atoms. The first kappa shape index (κ1) is 18.9. The third-order valence-corrected chi connectivity index (χ3v) is 6.28. The number of hydrogen-bond acceptors (Lipinski definition) is 5. The maximum absolute atomic E-state index is 13.1. The van der Waals surface area contributed by atoms with Gasteiger partial charge in [-0.15, -0.1) is 6.58 Å². The molecule has 7 nitrogen and oxygen atoms in total. The molecule has 0 unspecified atom stereocenters. The van der Waals surface area contributed by atoms with Gasteiger partial charge < -0.3 is 9.42 Å². The third-order valence-electron chi connectivity index (χ3n) is 6.28. The van der Waals surface area contributed by atoms with E-state index in [-0.39, 0.29) is 17.9 Å². The molecule has 1 amide bonds. The van der Waals surface area contributed by atoms with E-state index in [1.807, 2.05) is 30.8 Å². The first-order valence-electron chi connectivity index (χ1n) is 10.0. The highest BCUT2D eigenvalue weighted by atomic mass is 16.5. The van der Waals surface area contributed by atoms with E-state index >= 15 is 0 Å². The molecule has 0 saturated carbocycles. The minimum Gasteiger partial charge on any atom is -0.361 e. The first-order valence-corrected chi connectivity index (χ1v) is 10.0. The highest BCUT2D eigenvalue weighted by Crippen LogP contribution is 2.32.